The van der Waals surface area contributed by atoms with Crippen LogP contribution in [0.4, 0.5) is 11.4 Å². The van der Waals surface area contributed by atoms with Crippen LogP contribution >= 0.6 is 0 Å². The van der Waals surface area contributed by atoms with E-state index in [-0.39, 0.29) is 18.4 Å². The molecule has 0 aromatic heterocycles. The molecule has 130 valence electrons. The molecule has 0 aliphatic carbocycles. The van der Waals surface area contributed by atoms with Gasteiger partial charge in [0, 0.05) is 24.3 Å². The molecule has 5 heteroatoms. The molecular formula is C20H22N2O3. The zero-order valence-corrected chi connectivity index (χ0v) is 14.3. The predicted molar refractivity (Wildman–Crippen MR) is 97.9 cm³/mol. The molecule has 0 saturated carbocycles. The van der Waals surface area contributed by atoms with Crippen LogP contribution in [0.25, 0.3) is 0 Å². The van der Waals surface area contributed by atoms with Gasteiger partial charge in [0.15, 0.2) is 6.61 Å². The van der Waals surface area contributed by atoms with E-state index in [2.05, 4.69) is 5.32 Å². The van der Waals surface area contributed by atoms with E-state index in [0.717, 1.165) is 30.6 Å². The van der Waals surface area contributed by atoms with Crippen molar-refractivity contribution in [3.8, 4) is 5.75 Å². The molecule has 1 aliphatic rings. The Hall–Kier alpha value is -2.82. The lowest BCUT2D eigenvalue weighted by Gasteiger charge is -2.27. The van der Waals surface area contributed by atoms with Crippen molar-refractivity contribution in [3.63, 3.8) is 0 Å². The maximum absolute atomic E-state index is 12.1. The van der Waals surface area contributed by atoms with E-state index in [0.29, 0.717) is 17.9 Å². The van der Waals surface area contributed by atoms with Gasteiger partial charge in [-0.15, -0.1) is 0 Å². The van der Waals surface area contributed by atoms with Crippen LogP contribution in [-0.2, 0) is 9.59 Å². The number of ether oxygens (including phenoxy) is 1. The molecule has 1 saturated heterocycles. The van der Waals surface area contributed by atoms with Crippen LogP contribution in [0.2, 0.25) is 0 Å². The summed E-state index contributed by atoms with van der Waals surface area (Å²) in [6, 6.07) is 14.9. The van der Waals surface area contributed by atoms with E-state index in [1.807, 2.05) is 55.5 Å². The van der Waals surface area contributed by atoms with Gasteiger partial charge in [0.25, 0.3) is 5.91 Å². The first-order valence-corrected chi connectivity index (χ1v) is 8.51. The van der Waals surface area contributed by atoms with E-state index < -0.39 is 0 Å². The molecule has 1 fully saturated rings. The van der Waals surface area contributed by atoms with E-state index in [1.54, 1.807) is 4.90 Å². The maximum Gasteiger partial charge on any atom is 0.262 e. The Bertz CT molecular complexity index is 756. The fraction of sp³-hybridized carbons (Fsp3) is 0.300. The maximum atomic E-state index is 12.1. The van der Waals surface area contributed by atoms with Crippen LogP contribution in [0, 0.1) is 6.92 Å². The minimum absolute atomic E-state index is 0.0596. The monoisotopic (exact) mass is 338 g/mol. The average Bonchev–Trinajstić information content (AvgIpc) is 2.62. The highest BCUT2D eigenvalue weighted by molar-refractivity contribution is 5.96. The molecule has 1 N–H and O–H groups in total. The van der Waals surface area contributed by atoms with Gasteiger partial charge >= 0.3 is 0 Å². The Morgan fingerprint density at radius 3 is 2.72 bits per heavy atom. The third kappa shape index (κ3) is 4.59. The fourth-order valence-corrected chi connectivity index (χ4v) is 2.81. The van der Waals surface area contributed by atoms with Crippen LogP contribution in [0.5, 0.6) is 5.75 Å². The zero-order chi connectivity index (χ0) is 17.6. The summed E-state index contributed by atoms with van der Waals surface area (Å²) in [5.74, 6) is 0.563. The molecule has 0 spiro atoms. The van der Waals surface area contributed by atoms with Crippen LogP contribution < -0.4 is 15.0 Å². The van der Waals surface area contributed by atoms with Crippen molar-refractivity contribution >= 4 is 23.2 Å². The third-order valence-electron chi connectivity index (χ3n) is 4.16. The van der Waals surface area contributed by atoms with Gasteiger partial charge in [-0.1, -0.05) is 23.8 Å². The Morgan fingerprint density at radius 2 is 1.96 bits per heavy atom. The van der Waals surface area contributed by atoms with Gasteiger partial charge in [0.2, 0.25) is 5.91 Å². The second kappa shape index (κ2) is 7.83. The summed E-state index contributed by atoms with van der Waals surface area (Å²) in [6.45, 7) is 2.67. The number of carbonyl (C=O) groups is 2. The first-order valence-electron chi connectivity index (χ1n) is 8.51. The molecule has 0 atom stereocenters. The number of anilines is 2. The van der Waals surface area contributed by atoms with Gasteiger partial charge in [0.05, 0.1) is 0 Å². The number of hydrogen-bond donors (Lipinski definition) is 1. The summed E-state index contributed by atoms with van der Waals surface area (Å²) in [6.07, 6.45) is 2.54. The molecule has 5 nitrogen and oxygen atoms in total. The molecular weight excluding hydrogens is 316 g/mol. The number of piperidine rings is 1. The Balaban J connectivity index is 1.58. The highest BCUT2D eigenvalue weighted by Gasteiger charge is 2.19. The number of rotatable bonds is 5. The van der Waals surface area contributed by atoms with Crippen molar-refractivity contribution in [2.45, 2.75) is 26.2 Å². The van der Waals surface area contributed by atoms with Crippen molar-refractivity contribution in [3.05, 3.63) is 54.1 Å². The van der Waals surface area contributed by atoms with Crippen molar-refractivity contribution < 1.29 is 14.3 Å². The van der Waals surface area contributed by atoms with Gasteiger partial charge in [-0.05, 0) is 50.1 Å². The van der Waals surface area contributed by atoms with Gasteiger partial charge in [-0.3, -0.25) is 9.59 Å². The second-order valence-electron chi connectivity index (χ2n) is 6.20. The van der Waals surface area contributed by atoms with Gasteiger partial charge in [-0.2, -0.15) is 0 Å². The van der Waals surface area contributed by atoms with Crippen molar-refractivity contribution in [2.75, 3.05) is 23.4 Å². The van der Waals surface area contributed by atoms with Crippen LogP contribution in [0.3, 0.4) is 0 Å². The van der Waals surface area contributed by atoms with E-state index in [1.165, 1.54) is 0 Å². The lowest BCUT2D eigenvalue weighted by atomic mass is 10.1. The summed E-state index contributed by atoms with van der Waals surface area (Å²) in [4.78, 5) is 25.9. The van der Waals surface area contributed by atoms with E-state index >= 15 is 0 Å². The van der Waals surface area contributed by atoms with Crippen molar-refractivity contribution in [2.24, 2.45) is 0 Å². The summed E-state index contributed by atoms with van der Waals surface area (Å²) < 4.78 is 5.48. The normalized spacial score (nSPS) is 14.3. The minimum atomic E-state index is -0.234. The molecule has 2 aromatic rings. The molecule has 0 bridgehead atoms. The van der Waals surface area contributed by atoms with E-state index in [4.69, 9.17) is 4.74 Å². The molecule has 2 aromatic carbocycles. The van der Waals surface area contributed by atoms with E-state index in [9.17, 15) is 9.59 Å². The highest BCUT2D eigenvalue weighted by Crippen LogP contribution is 2.23. The van der Waals surface area contributed by atoms with Gasteiger partial charge in [0.1, 0.15) is 5.75 Å². The zero-order valence-electron chi connectivity index (χ0n) is 14.3. The largest absolute Gasteiger partial charge is 0.484 e. The van der Waals surface area contributed by atoms with Crippen LogP contribution in [0.15, 0.2) is 48.5 Å². The lowest BCUT2D eigenvalue weighted by molar-refractivity contribution is -0.119. The Labute approximate surface area is 147 Å². The Kier molecular flexibility index (Phi) is 5.33. The quantitative estimate of drug-likeness (QED) is 0.907. The van der Waals surface area contributed by atoms with Crippen LogP contribution in [0.1, 0.15) is 24.8 Å². The molecule has 1 aliphatic heterocycles. The van der Waals surface area contributed by atoms with Crippen LogP contribution in [-0.4, -0.2) is 25.0 Å². The number of amides is 2. The molecule has 0 unspecified atom stereocenters. The van der Waals surface area contributed by atoms with Gasteiger partial charge in [-0.25, -0.2) is 0 Å². The first-order chi connectivity index (χ1) is 12.1. The number of aryl methyl sites for hydroxylation is 1. The minimum Gasteiger partial charge on any atom is -0.484 e. The number of nitrogens with one attached hydrogen (secondary N) is 1. The standard InChI is InChI=1S/C20H22N2O3/c1-15-8-10-18(11-9-15)25-14-19(23)21-16-5-4-6-17(13-16)22-12-3-2-7-20(22)24/h4-6,8-11,13H,2-3,7,12,14H2,1H3,(H,21,23). The Morgan fingerprint density at radius 1 is 1.16 bits per heavy atom. The summed E-state index contributed by atoms with van der Waals surface area (Å²) >= 11 is 0. The summed E-state index contributed by atoms with van der Waals surface area (Å²) in [7, 11) is 0. The highest BCUT2D eigenvalue weighted by atomic mass is 16.5. The predicted octanol–water partition coefficient (Wildman–Crippen LogP) is 3.53. The number of carbonyl (C=O) groups excluding carboxylic acids is 2. The van der Waals surface area contributed by atoms with Crippen molar-refractivity contribution in [1.29, 1.82) is 0 Å². The fourth-order valence-electron chi connectivity index (χ4n) is 2.81. The summed E-state index contributed by atoms with van der Waals surface area (Å²) in [5, 5.41) is 2.82. The summed E-state index contributed by atoms with van der Waals surface area (Å²) in [5.41, 5.74) is 2.62. The second-order valence-corrected chi connectivity index (χ2v) is 6.20. The first kappa shape index (κ1) is 17.0. The SMILES string of the molecule is Cc1ccc(OCC(=O)Nc2cccc(N3CCCCC3=O)c2)cc1. The average molecular weight is 338 g/mol. The molecule has 3 rings (SSSR count). The molecule has 25 heavy (non-hydrogen) atoms. The number of benzene rings is 2. The lowest BCUT2D eigenvalue weighted by Crippen LogP contribution is -2.35. The molecule has 1 heterocycles. The smallest absolute Gasteiger partial charge is 0.262 e. The number of nitrogens with zero attached hydrogens (tertiary/aromatic N) is 1. The number of hydrogen-bond acceptors (Lipinski definition) is 3. The third-order valence-corrected chi connectivity index (χ3v) is 4.16. The molecule has 0 radical (unpaired) electrons. The molecule has 2 amide bonds. The van der Waals surface area contributed by atoms with Crippen molar-refractivity contribution in [1.82, 2.24) is 0 Å². The van der Waals surface area contributed by atoms with Gasteiger partial charge < -0.3 is 15.0 Å². The topological polar surface area (TPSA) is 58.6 Å².